The van der Waals surface area contributed by atoms with Crippen molar-refractivity contribution in [1.29, 1.82) is 0 Å². The molecule has 4 aromatic rings. The molecule has 0 spiro atoms. The number of anilines is 1. The Morgan fingerprint density at radius 1 is 1.14 bits per heavy atom. The molecule has 5 rings (SSSR count). The molecule has 0 aliphatic carbocycles. The molecule has 0 saturated carbocycles. The molecule has 11 nitrogen and oxygen atoms in total. The number of hydrazone groups is 1. The van der Waals surface area contributed by atoms with Gasteiger partial charge in [-0.3, -0.25) is 24.3 Å². The fraction of sp³-hybridized carbons (Fsp3) is 0.0417. The van der Waals surface area contributed by atoms with Crippen LogP contribution in [0.15, 0.2) is 82.8 Å². The van der Waals surface area contributed by atoms with Gasteiger partial charge in [0.1, 0.15) is 17.9 Å². The summed E-state index contributed by atoms with van der Waals surface area (Å²) in [5.74, 6) is -0.762. The summed E-state index contributed by atoms with van der Waals surface area (Å²) in [6, 6.07) is 19.0. The number of amides is 1. The zero-order valence-electron chi connectivity index (χ0n) is 18.8. The lowest BCUT2D eigenvalue weighted by Crippen LogP contribution is -2.41. The highest BCUT2D eigenvalue weighted by Gasteiger charge is 2.39. The van der Waals surface area contributed by atoms with E-state index in [1.54, 1.807) is 48.5 Å². The number of nitrogens with one attached hydrogen (secondary N) is 2. The molecule has 2 N–H and O–H groups in total. The Kier molecular flexibility index (Phi) is 6.19. The van der Waals surface area contributed by atoms with Crippen LogP contribution < -0.4 is 9.73 Å². The molecular weight excluding hydrogens is 520 g/mol. The van der Waals surface area contributed by atoms with Crippen LogP contribution >= 0.6 is 11.6 Å². The van der Waals surface area contributed by atoms with Crippen molar-refractivity contribution < 1.29 is 18.1 Å². The maximum Gasteiger partial charge on any atom is 0.278 e. The van der Waals surface area contributed by atoms with Crippen LogP contribution in [0.2, 0.25) is 5.02 Å². The van der Waals surface area contributed by atoms with Crippen LogP contribution in [0, 0.1) is 10.1 Å². The molecule has 1 aliphatic rings. The van der Waals surface area contributed by atoms with Gasteiger partial charge in [-0.05, 0) is 24.3 Å². The van der Waals surface area contributed by atoms with Gasteiger partial charge in [-0.1, -0.05) is 54.1 Å². The number of nitrogens with zero attached hydrogens (tertiary/aromatic N) is 4. The molecule has 0 saturated heterocycles. The topological polar surface area (TPSA) is 151 Å². The molecule has 1 aromatic heterocycles. The van der Waals surface area contributed by atoms with E-state index in [4.69, 9.17) is 11.6 Å². The lowest BCUT2D eigenvalue weighted by atomic mass is 10.1. The third kappa shape index (κ3) is 4.43. The van der Waals surface area contributed by atoms with Crippen molar-refractivity contribution in [2.24, 2.45) is 5.10 Å². The lowest BCUT2D eigenvalue weighted by Gasteiger charge is -2.29. The minimum atomic E-state index is -4.16. The molecule has 1 aliphatic heterocycles. The van der Waals surface area contributed by atoms with E-state index in [1.807, 2.05) is 0 Å². The quantitative estimate of drug-likeness (QED) is 0.216. The number of aromatic amines is 1. The number of fused-ring (bicyclic) bond motifs is 3. The molecular formula is C24H17ClN6O5S. The average molecular weight is 537 g/mol. The summed E-state index contributed by atoms with van der Waals surface area (Å²) in [4.78, 5) is 23.5. The van der Waals surface area contributed by atoms with E-state index < -0.39 is 27.4 Å². The van der Waals surface area contributed by atoms with Crippen LogP contribution in [0.1, 0.15) is 5.56 Å². The zero-order valence-corrected chi connectivity index (χ0v) is 20.4. The maximum atomic E-state index is 13.6. The molecule has 0 unspecified atom stereocenters. The number of nitro benzene ring substituents is 1. The Morgan fingerprint density at radius 2 is 1.89 bits per heavy atom. The fourth-order valence-electron chi connectivity index (χ4n) is 4.01. The summed E-state index contributed by atoms with van der Waals surface area (Å²) >= 11 is 6.15. The average Bonchev–Trinajstić information content (AvgIpc) is 3.32. The van der Waals surface area contributed by atoms with Crippen molar-refractivity contribution in [2.75, 3.05) is 10.8 Å². The van der Waals surface area contributed by atoms with Crippen molar-refractivity contribution in [3.05, 3.63) is 93.5 Å². The number of hydrogen-bond acceptors (Lipinski definition) is 7. The van der Waals surface area contributed by atoms with E-state index in [1.165, 1.54) is 24.3 Å². The third-order valence-corrected chi connectivity index (χ3v) is 7.66. The number of aromatic nitrogens is 2. The van der Waals surface area contributed by atoms with Crippen molar-refractivity contribution >= 4 is 45.1 Å². The van der Waals surface area contributed by atoms with E-state index in [0.29, 0.717) is 27.5 Å². The van der Waals surface area contributed by atoms with Gasteiger partial charge < -0.3 is 0 Å². The lowest BCUT2D eigenvalue weighted by molar-refractivity contribution is -0.385. The van der Waals surface area contributed by atoms with Gasteiger partial charge in [0.2, 0.25) is 0 Å². The number of nitro groups is 1. The Morgan fingerprint density at radius 3 is 2.68 bits per heavy atom. The predicted molar refractivity (Wildman–Crippen MR) is 138 cm³/mol. The van der Waals surface area contributed by atoms with E-state index in [0.717, 1.165) is 10.5 Å². The summed E-state index contributed by atoms with van der Waals surface area (Å²) < 4.78 is 28.2. The van der Waals surface area contributed by atoms with Crippen LogP contribution in [0.3, 0.4) is 0 Å². The van der Waals surface area contributed by atoms with Gasteiger partial charge in [0, 0.05) is 22.2 Å². The molecule has 3 aromatic carbocycles. The Labute approximate surface area is 215 Å². The molecule has 37 heavy (non-hydrogen) atoms. The van der Waals surface area contributed by atoms with Gasteiger partial charge in [0.25, 0.3) is 21.6 Å². The summed E-state index contributed by atoms with van der Waals surface area (Å²) in [6.45, 7) is -0.620. The molecule has 0 radical (unpaired) electrons. The molecule has 2 heterocycles. The van der Waals surface area contributed by atoms with Gasteiger partial charge in [-0.2, -0.15) is 10.2 Å². The summed E-state index contributed by atoms with van der Waals surface area (Å²) in [5.41, 5.74) is 4.13. The van der Waals surface area contributed by atoms with Crippen LogP contribution in [0.25, 0.3) is 22.5 Å². The first kappa shape index (κ1) is 24.2. The van der Waals surface area contributed by atoms with Gasteiger partial charge in [0.15, 0.2) is 0 Å². The van der Waals surface area contributed by atoms with E-state index in [9.17, 15) is 23.3 Å². The standard InChI is InChI=1S/C24H17ClN6O5S/c25-17-8-5-7-15(12-17)22-24-23(29-28-22)18-9-2-4-11-20(18)37(35,36)30(24)14-21(32)27-26-13-16-6-1-3-10-19(16)31(33)34/h1-13H,14H2,(H,27,32)(H,28,29). The first-order chi connectivity index (χ1) is 17.8. The second-order valence-corrected chi connectivity index (χ2v) is 10.2. The smallest absolute Gasteiger partial charge is 0.275 e. The predicted octanol–water partition coefficient (Wildman–Crippen LogP) is 3.96. The van der Waals surface area contributed by atoms with Gasteiger partial charge in [-0.25, -0.2) is 13.8 Å². The van der Waals surface area contributed by atoms with Crippen molar-refractivity contribution in [1.82, 2.24) is 15.6 Å². The molecule has 0 bridgehead atoms. The third-order valence-electron chi connectivity index (χ3n) is 5.63. The maximum absolute atomic E-state index is 13.6. The fourth-order valence-corrected chi connectivity index (χ4v) is 5.84. The highest BCUT2D eigenvalue weighted by molar-refractivity contribution is 7.93. The van der Waals surface area contributed by atoms with E-state index >= 15 is 0 Å². The number of carbonyl (C=O) groups excluding carboxylic acids is 1. The molecule has 0 atom stereocenters. The monoisotopic (exact) mass is 536 g/mol. The largest absolute Gasteiger partial charge is 0.278 e. The normalized spacial score (nSPS) is 13.7. The van der Waals surface area contributed by atoms with Crippen LogP contribution in [-0.4, -0.2) is 42.2 Å². The van der Waals surface area contributed by atoms with Gasteiger partial charge in [0.05, 0.1) is 27.3 Å². The van der Waals surface area contributed by atoms with Gasteiger partial charge in [-0.15, -0.1) is 0 Å². The Bertz CT molecular complexity index is 1680. The first-order valence-corrected chi connectivity index (χ1v) is 12.6. The Balaban J connectivity index is 1.51. The number of benzene rings is 3. The first-order valence-electron chi connectivity index (χ1n) is 10.8. The number of H-pyrrole nitrogens is 1. The number of halogens is 1. The second-order valence-electron chi connectivity index (χ2n) is 7.92. The SMILES string of the molecule is O=C(CN1c2c(-c3cccc(Cl)c3)n[nH]c2-c2ccccc2S1(=O)=O)NN=Cc1ccccc1[N+](=O)[O-]. The van der Waals surface area contributed by atoms with Crippen molar-refractivity contribution in [3.8, 4) is 22.5 Å². The summed E-state index contributed by atoms with van der Waals surface area (Å²) in [5, 5.41) is 22.6. The minimum absolute atomic E-state index is 0.0139. The highest BCUT2D eigenvalue weighted by Crippen LogP contribution is 2.46. The van der Waals surface area contributed by atoms with Gasteiger partial charge >= 0.3 is 0 Å². The summed E-state index contributed by atoms with van der Waals surface area (Å²) in [6.07, 6.45) is 1.12. The summed E-state index contributed by atoms with van der Waals surface area (Å²) in [7, 11) is -4.16. The molecule has 186 valence electrons. The van der Waals surface area contributed by atoms with Crippen LogP contribution in [0.5, 0.6) is 0 Å². The number of carbonyl (C=O) groups is 1. The minimum Gasteiger partial charge on any atom is -0.275 e. The molecule has 0 fully saturated rings. The highest BCUT2D eigenvalue weighted by atomic mass is 35.5. The van der Waals surface area contributed by atoms with Crippen molar-refractivity contribution in [2.45, 2.75) is 4.90 Å². The molecule has 1 amide bonds. The number of sulfonamides is 1. The number of hydrogen-bond donors (Lipinski definition) is 2. The number of para-hydroxylation sites is 1. The zero-order chi connectivity index (χ0) is 26.2. The number of rotatable bonds is 6. The molecule has 13 heteroatoms. The van der Waals surface area contributed by atoms with Crippen LogP contribution in [-0.2, 0) is 14.8 Å². The van der Waals surface area contributed by atoms with Crippen LogP contribution in [0.4, 0.5) is 11.4 Å². The van der Waals surface area contributed by atoms with E-state index in [2.05, 4.69) is 20.7 Å². The Hall–Kier alpha value is -4.55. The van der Waals surface area contributed by atoms with Crippen molar-refractivity contribution in [3.63, 3.8) is 0 Å². The second kappa shape index (κ2) is 9.48. The van der Waals surface area contributed by atoms with E-state index in [-0.39, 0.29) is 21.8 Å².